The zero-order chi connectivity index (χ0) is 19.6. The van der Waals surface area contributed by atoms with Gasteiger partial charge in [0.1, 0.15) is 0 Å². The van der Waals surface area contributed by atoms with Crippen LogP contribution in [-0.4, -0.2) is 34.0 Å². The van der Waals surface area contributed by atoms with Gasteiger partial charge in [0, 0.05) is 48.1 Å². The van der Waals surface area contributed by atoms with Crippen molar-refractivity contribution >= 4 is 22.5 Å². The van der Waals surface area contributed by atoms with Crippen molar-refractivity contribution in [2.75, 3.05) is 19.0 Å². The second kappa shape index (κ2) is 7.96. The number of amides is 1. The SMILES string of the molecule is COCCn1c(C)cc2cc(NC(=O)CC(C)n3nc(C)cc3C)ccc21. The first-order valence-electron chi connectivity index (χ1n) is 9.30. The molecule has 0 saturated carbocycles. The summed E-state index contributed by atoms with van der Waals surface area (Å²) in [4.78, 5) is 12.5. The van der Waals surface area contributed by atoms with Crippen molar-refractivity contribution in [2.45, 2.75) is 46.7 Å². The van der Waals surface area contributed by atoms with E-state index in [9.17, 15) is 4.79 Å². The van der Waals surface area contributed by atoms with Crippen LogP contribution in [0.1, 0.15) is 36.5 Å². The van der Waals surface area contributed by atoms with Crippen LogP contribution >= 0.6 is 0 Å². The standard InChI is InChI=1S/C21H28N4O2/c1-14-10-16(3)25(23-14)17(4)12-21(26)22-19-6-7-20-18(13-19)11-15(2)24(20)8-9-27-5/h6-7,10-11,13,17H,8-9,12H2,1-5H3,(H,22,26). The van der Waals surface area contributed by atoms with Crippen LogP contribution in [-0.2, 0) is 16.1 Å². The summed E-state index contributed by atoms with van der Waals surface area (Å²) in [6, 6.07) is 10.2. The molecule has 0 aliphatic heterocycles. The van der Waals surface area contributed by atoms with Gasteiger partial charge in [0.05, 0.1) is 18.3 Å². The fourth-order valence-electron chi connectivity index (χ4n) is 3.63. The summed E-state index contributed by atoms with van der Waals surface area (Å²) in [7, 11) is 1.71. The zero-order valence-corrected chi connectivity index (χ0v) is 16.7. The lowest BCUT2D eigenvalue weighted by Gasteiger charge is -2.14. The molecule has 0 saturated heterocycles. The third-order valence-corrected chi connectivity index (χ3v) is 4.85. The number of carbonyl (C=O) groups excluding carboxylic acids is 1. The lowest BCUT2D eigenvalue weighted by Crippen LogP contribution is -2.19. The molecular formula is C21H28N4O2. The maximum absolute atomic E-state index is 12.5. The summed E-state index contributed by atoms with van der Waals surface area (Å²) in [6.45, 7) is 9.57. The summed E-state index contributed by atoms with van der Waals surface area (Å²) in [5.74, 6) is -0.00931. The molecule has 3 aromatic rings. The highest BCUT2D eigenvalue weighted by Crippen LogP contribution is 2.24. The van der Waals surface area contributed by atoms with E-state index >= 15 is 0 Å². The summed E-state index contributed by atoms with van der Waals surface area (Å²) in [6.07, 6.45) is 0.383. The Bertz CT molecular complexity index is 955. The van der Waals surface area contributed by atoms with Crippen molar-refractivity contribution < 1.29 is 9.53 Å². The van der Waals surface area contributed by atoms with E-state index in [1.807, 2.05) is 43.7 Å². The highest BCUT2D eigenvalue weighted by molar-refractivity contribution is 5.94. The molecule has 1 amide bonds. The first-order valence-corrected chi connectivity index (χ1v) is 9.30. The number of nitrogens with one attached hydrogen (secondary N) is 1. The van der Waals surface area contributed by atoms with Crippen molar-refractivity contribution in [1.82, 2.24) is 14.3 Å². The summed E-state index contributed by atoms with van der Waals surface area (Å²) in [5, 5.41) is 8.61. The minimum absolute atomic E-state index is 0.00931. The van der Waals surface area contributed by atoms with Gasteiger partial charge in [-0.25, -0.2) is 0 Å². The third kappa shape index (κ3) is 4.22. The van der Waals surface area contributed by atoms with Gasteiger partial charge in [-0.15, -0.1) is 0 Å². The number of anilines is 1. The van der Waals surface area contributed by atoms with E-state index < -0.39 is 0 Å². The van der Waals surface area contributed by atoms with E-state index in [2.05, 4.69) is 34.0 Å². The van der Waals surface area contributed by atoms with Gasteiger partial charge in [0.25, 0.3) is 0 Å². The van der Waals surface area contributed by atoms with Crippen molar-refractivity contribution in [3.05, 3.63) is 47.4 Å². The zero-order valence-electron chi connectivity index (χ0n) is 16.7. The molecule has 3 rings (SSSR count). The predicted octanol–water partition coefficient (Wildman–Crippen LogP) is 4.00. The largest absolute Gasteiger partial charge is 0.383 e. The lowest BCUT2D eigenvalue weighted by atomic mass is 10.2. The Morgan fingerprint density at radius 3 is 2.63 bits per heavy atom. The van der Waals surface area contributed by atoms with Gasteiger partial charge in [-0.1, -0.05) is 0 Å². The van der Waals surface area contributed by atoms with Crippen LogP contribution in [0.15, 0.2) is 30.3 Å². The molecule has 2 heterocycles. The molecule has 2 aromatic heterocycles. The summed E-state index contributed by atoms with van der Waals surface area (Å²) < 4.78 is 9.34. The van der Waals surface area contributed by atoms with Gasteiger partial charge in [-0.05, 0) is 58.0 Å². The number of rotatable bonds is 7. The van der Waals surface area contributed by atoms with Crippen LogP contribution in [0.25, 0.3) is 10.9 Å². The number of aromatic nitrogens is 3. The summed E-state index contributed by atoms with van der Waals surface area (Å²) >= 11 is 0. The van der Waals surface area contributed by atoms with Crippen LogP contribution in [0.4, 0.5) is 5.69 Å². The second-order valence-electron chi connectivity index (χ2n) is 7.18. The van der Waals surface area contributed by atoms with E-state index in [-0.39, 0.29) is 11.9 Å². The van der Waals surface area contributed by atoms with Gasteiger partial charge in [-0.2, -0.15) is 5.10 Å². The van der Waals surface area contributed by atoms with E-state index in [1.165, 1.54) is 5.69 Å². The highest BCUT2D eigenvalue weighted by Gasteiger charge is 2.15. The molecule has 0 aliphatic carbocycles. The Morgan fingerprint density at radius 1 is 1.19 bits per heavy atom. The minimum Gasteiger partial charge on any atom is -0.383 e. The van der Waals surface area contributed by atoms with E-state index in [0.717, 1.165) is 34.5 Å². The van der Waals surface area contributed by atoms with Crippen molar-refractivity contribution in [3.63, 3.8) is 0 Å². The number of fused-ring (bicyclic) bond motifs is 1. The van der Waals surface area contributed by atoms with Crippen molar-refractivity contribution in [1.29, 1.82) is 0 Å². The molecule has 1 atom stereocenters. The number of methoxy groups -OCH3 is 1. The fourth-order valence-corrected chi connectivity index (χ4v) is 3.63. The third-order valence-electron chi connectivity index (χ3n) is 4.85. The highest BCUT2D eigenvalue weighted by atomic mass is 16.5. The molecule has 144 valence electrons. The van der Waals surface area contributed by atoms with Gasteiger partial charge < -0.3 is 14.6 Å². The monoisotopic (exact) mass is 368 g/mol. The van der Waals surface area contributed by atoms with E-state index in [1.54, 1.807) is 7.11 Å². The molecule has 0 aliphatic rings. The van der Waals surface area contributed by atoms with E-state index in [4.69, 9.17) is 4.74 Å². The molecule has 1 N–H and O–H groups in total. The molecule has 1 unspecified atom stereocenters. The van der Waals surface area contributed by atoms with Gasteiger partial charge in [-0.3, -0.25) is 9.48 Å². The molecular weight excluding hydrogens is 340 g/mol. The van der Waals surface area contributed by atoms with Gasteiger partial charge >= 0.3 is 0 Å². The van der Waals surface area contributed by atoms with Crippen LogP contribution in [0.3, 0.4) is 0 Å². The van der Waals surface area contributed by atoms with Gasteiger partial charge in [0.2, 0.25) is 5.91 Å². The maximum atomic E-state index is 12.5. The average molecular weight is 368 g/mol. The van der Waals surface area contributed by atoms with E-state index in [0.29, 0.717) is 13.0 Å². The number of hydrogen-bond acceptors (Lipinski definition) is 3. The van der Waals surface area contributed by atoms with Crippen LogP contribution in [0, 0.1) is 20.8 Å². The molecule has 0 bridgehead atoms. The quantitative estimate of drug-likeness (QED) is 0.686. The maximum Gasteiger partial charge on any atom is 0.226 e. The van der Waals surface area contributed by atoms with Crippen LogP contribution in [0.5, 0.6) is 0 Å². The minimum atomic E-state index is -0.00931. The van der Waals surface area contributed by atoms with Crippen LogP contribution in [0.2, 0.25) is 0 Å². The Hall–Kier alpha value is -2.60. The molecule has 27 heavy (non-hydrogen) atoms. The fraction of sp³-hybridized carbons (Fsp3) is 0.429. The number of hydrogen-bond donors (Lipinski definition) is 1. The molecule has 0 fully saturated rings. The van der Waals surface area contributed by atoms with Crippen molar-refractivity contribution in [2.24, 2.45) is 0 Å². The number of nitrogens with zero attached hydrogens (tertiary/aromatic N) is 3. The Balaban J connectivity index is 1.70. The Kier molecular flexibility index (Phi) is 5.65. The second-order valence-corrected chi connectivity index (χ2v) is 7.18. The molecule has 6 heteroatoms. The number of aryl methyl sites for hydroxylation is 3. The summed E-state index contributed by atoms with van der Waals surface area (Å²) in [5.41, 5.74) is 5.19. The normalized spacial score (nSPS) is 12.5. The van der Waals surface area contributed by atoms with Gasteiger partial charge in [0.15, 0.2) is 0 Å². The number of benzene rings is 1. The average Bonchev–Trinajstić information content (AvgIpc) is 3.10. The first-order chi connectivity index (χ1) is 12.9. The predicted molar refractivity (Wildman–Crippen MR) is 108 cm³/mol. The molecule has 1 aromatic carbocycles. The molecule has 0 radical (unpaired) electrons. The topological polar surface area (TPSA) is 61.1 Å². The number of carbonyl (C=O) groups is 1. The number of ether oxygens (including phenoxy) is 1. The van der Waals surface area contributed by atoms with Crippen molar-refractivity contribution in [3.8, 4) is 0 Å². The smallest absolute Gasteiger partial charge is 0.226 e. The molecule has 0 spiro atoms. The van der Waals surface area contributed by atoms with Crippen LogP contribution < -0.4 is 5.32 Å². The Labute approximate surface area is 160 Å². The lowest BCUT2D eigenvalue weighted by molar-refractivity contribution is -0.116. The first kappa shape index (κ1) is 19.2. The molecule has 6 nitrogen and oxygen atoms in total. The Morgan fingerprint density at radius 2 is 1.96 bits per heavy atom.